The Hall–Kier alpha value is -2.45. The Kier molecular flexibility index (Phi) is 4.85. The van der Waals surface area contributed by atoms with E-state index in [9.17, 15) is 9.59 Å². The number of piperidine rings is 1. The van der Waals surface area contributed by atoms with Gasteiger partial charge in [-0.25, -0.2) is 4.98 Å². The molecule has 6 nitrogen and oxygen atoms in total. The summed E-state index contributed by atoms with van der Waals surface area (Å²) in [7, 11) is 0. The smallest absolute Gasteiger partial charge is 0.263 e. The van der Waals surface area contributed by atoms with Crippen LogP contribution in [0.1, 0.15) is 22.5 Å². The first-order chi connectivity index (χ1) is 12.7. The molecule has 2 amide bonds. The van der Waals surface area contributed by atoms with Crippen LogP contribution in [-0.4, -0.2) is 34.8 Å². The second-order valence-corrected chi connectivity index (χ2v) is 7.88. The van der Waals surface area contributed by atoms with Gasteiger partial charge in [0.1, 0.15) is 5.69 Å². The van der Waals surface area contributed by atoms with E-state index >= 15 is 0 Å². The van der Waals surface area contributed by atoms with Crippen molar-refractivity contribution in [1.29, 1.82) is 0 Å². The maximum Gasteiger partial charge on any atom is 0.263 e. The summed E-state index contributed by atoms with van der Waals surface area (Å²) < 4.78 is 5.32. The van der Waals surface area contributed by atoms with Gasteiger partial charge in [0.05, 0.1) is 17.1 Å². The van der Waals surface area contributed by atoms with E-state index < -0.39 is 0 Å². The first kappa shape index (κ1) is 17.0. The Balaban J connectivity index is 1.39. The van der Waals surface area contributed by atoms with Crippen molar-refractivity contribution in [3.63, 3.8) is 0 Å². The predicted octanol–water partition coefficient (Wildman–Crippen LogP) is 3.96. The number of thiophene rings is 1. The summed E-state index contributed by atoms with van der Waals surface area (Å²) in [4.78, 5) is 32.0. The van der Waals surface area contributed by atoms with Gasteiger partial charge in [0.2, 0.25) is 5.91 Å². The number of amides is 2. The average Bonchev–Trinajstić information content (AvgIpc) is 3.42. The SMILES string of the molecule is O=C(Nc1nc(-c2ccco2)cs1)C1CCCN(C(=O)c2cccs2)C1. The molecule has 0 saturated carbocycles. The summed E-state index contributed by atoms with van der Waals surface area (Å²) in [5, 5.41) is 7.16. The van der Waals surface area contributed by atoms with Crippen LogP contribution in [0.3, 0.4) is 0 Å². The van der Waals surface area contributed by atoms with Gasteiger partial charge in [-0.15, -0.1) is 22.7 Å². The Morgan fingerprint density at radius 2 is 2.19 bits per heavy atom. The topological polar surface area (TPSA) is 75.4 Å². The minimum absolute atomic E-state index is 0.00635. The van der Waals surface area contributed by atoms with Crippen molar-refractivity contribution in [3.8, 4) is 11.5 Å². The fraction of sp³-hybridized carbons (Fsp3) is 0.278. The molecule has 0 aliphatic carbocycles. The number of nitrogens with zero attached hydrogens (tertiary/aromatic N) is 2. The van der Waals surface area contributed by atoms with Crippen LogP contribution in [0, 0.1) is 5.92 Å². The van der Waals surface area contributed by atoms with Crippen molar-refractivity contribution >= 4 is 39.6 Å². The molecule has 3 aromatic rings. The normalized spacial score (nSPS) is 17.2. The maximum atomic E-state index is 12.6. The number of hydrogen-bond donors (Lipinski definition) is 1. The molecule has 134 valence electrons. The van der Waals surface area contributed by atoms with E-state index in [0.717, 1.165) is 12.8 Å². The molecule has 26 heavy (non-hydrogen) atoms. The molecule has 0 bridgehead atoms. The summed E-state index contributed by atoms with van der Waals surface area (Å²) >= 11 is 2.79. The molecule has 0 radical (unpaired) electrons. The van der Waals surface area contributed by atoms with Crippen molar-refractivity contribution in [3.05, 3.63) is 46.2 Å². The lowest BCUT2D eigenvalue weighted by Gasteiger charge is -2.31. The molecule has 1 fully saturated rings. The second kappa shape index (κ2) is 7.43. The number of anilines is 1. The largest absolute Gasteiger partial charge is 0.463 e. The molecule has 4 heterocycles. The van der Waals surface area contributed by atoms with E-state index in [-0.39, 0.29) is 17.7 Å². The standard InChI is InChI=1S/C18H17N3O3S2/c22-16(20-18-19-13(11-26-18)14-5-2-8-24-14)12-4-1-7-21(10-12)17(23)15-6-3-9-25-15/h2-3,5-6,8-9,11-12H,1,4,7,10H2,(H,19,20,22). The zero-order valence-electron chi connectivity index (χ0n) is 13.9. The number of likely N-dealkylation sites (tertiary alicyclic amines) is 1. The van der Waals surface area contributed by atoms with Gasteiger partial charge in [-0.05, 0) is 36.4 Å². The molecular formula is C18H17N3O3S2. The van der Waals surface area contributed by atoms with E-state index in [0.29, 0.717) is 34.6 Å². The predicted molar refractivity (Wildman–Crippen MR) is 101 cm³/mol. The van der Waals surface area contributed by atoms with E-state index in [2.05, 4.69) is 10.3 Å². The average molecular weight is 387 g/mol. The number of aromatic nitrogens is 1. The number of carbonyl (C=O) groups excluding carboxylic acids is 2. The van der Waals surface area contributed by atoms with E-state index in [1.807, 2.05) is 29.0 Å². The van der Waals surface area contributed by atoms with Crippen molar-refractivity contribution < 1.29 is 14.0 Å². The van der Waals surface area contributed by atoms with Crippen LogP contribution in [0.2, 0.25) is 0 Å². The highest BCUT2D eigenvalue weighted by molar-refractivity contribution is 7.14. The minimum atomic E-state index is -0.219. The van der Waals surface area contributed by atoms with Gasteiger partial charge in [-0.1, -0.05) is 6.07 Å². The summed E-state index contributed by atoms with van der Waals surface area (Å²) in [6.07, 6.45) is 3.19. The first-order valence-corrected chi connectivity index (χ1v) is 10.1. The maximum absolute atomic E-state index is 12.6. The number of carbonyl (C=O) groups is 2. The molecule has 3 aromatic heterocycles. The van der Waals surface area contributed by atoms with Crippen molar-refractivity contribution in [2.45, 2.75) is 12.8 Å². The Bertz CT molecular complexity index is 887. The zero-order chi connectivity index (χ0) is 17.9. The number of thiazole rings is 1. The molecule has 1 atom stereocenters. The lowest BCUT2D eigenvalue weighted by molar-refractivity contribution is -0.121. The van der Waals surface area contributed by atoms with Crippen molar-refractivity contribution in [1.82, 2.24) is 9.88 Å². The molecule has 1 N–H and O–H groups in total. The van der Waals surface area contributed by atoms with Crippen LogP contribution in [0.15, 0.2) is 45.7 Å². The summed E-state index contributed by atoms with van der Waals surface area (Å²) in [5.74, 6) is 0.372. The number of furan rings is 1. The lowest BCUT2D eigenvalue weighted by Crippen LogP contribution is -2.43. The van der Waals surface area contributed by atoms with Crippen LogP contribution in [0.25, 0.3) is 11.5 Å². The van der Waals surface area contributed by atoms with Crippen LogP contribution in [0.5, 0.6) is 0 Å². The van der Waals surface area contributed by atoms with Crippen molar-refractivity contribution in [2.75, 3.05) is 18.4 Å². The Labute approximate surface area is 158 Å². The van der Waals surface area contributed by atoms with E-state index in [1.165, 1.54) is 22.7 Å². The fourth-order valence-corrected chi connectivity index (χ4v) is 4.40. The van der Waals surface area contributed by atoms with Crippen molar-refractivity contribution in [2.24, 2.45) is 5.92 Å². The minimum Gasteiger partial charge on any atom is -0.463 e. The van der Waals surface area contributed by atoms with Gasteiger partial charge in [0.25, 0.3) is 5.91 Å². The molecular weight excluding hydrogens is 370 g/mol. The third kappa shape index (κ3) is 3.56. The summed E-state index contributed by atoms with van der Waals surface area (Å²) in [6, 6.07) is 7.32. The monoisotopic (exact) mass is 387 g/mol. The molecule has 1 aliphatic heterocycles. The third-order valence-electron chi connectivity index (χ3n) is 4.32. The first-order valence-electron chi connectivity index (χ1n) is 8.34. The van der Waals surface area contributed by atoms with Gasteiger partial charge < -0.3 is 14.6 Å². The highest BCUT2D eigenvalue weighted by Gasteiger charge is 2.29. The number of rotatable bonds is 4. The van der Waals surface area contributed by atoms with Gasteiger partial charge >= 0.3 is 0 Å². The quantitative estimate of drug-likeness (QED) is 0.735. The van der Waals surface area contributed by atoms with Gasteiger partial charge in [0.15, 0.2) is 10.9 Å². The summed E-state index contributed by atoms with van der Waals surface area (Å²) in [6.45, 7) is 1.14. The van der Waals surface area contributed by atoms with Crippen LogP contribution < -0.4 is 5.32 Å². The Morgan fingerprint density at radius 1 is 1.27 bits per heavy atom. The number of nitrogens with one attached hydrogen (secondary N) is 1. The van der Waals surface area contributed by atoms with Gasteiger partial charge in [0, 0.05) is 18.5 Å². The molecule has 8 heteroatoms. The second-order valence-electron chi connectivity index (χ2n) is 6.07. The van der Waals surface area contributed by atoms with E-state index in [4.69, 9.17) is 4.42 Å². The van der Waals surface area contributed by atoms with Gasteiger partial charge in [-0.3, -0.25) is 9.59 Å². The fourth-order valence-electron chi connectivity index (χ4n) is 3.01. The molecule has 0 aromatic carbocycles. The van der Waals surface area contributed by atoms with E-state index in [1.54, 1.807) is 17.2 Å². The van der Waals surface area contributed by atoms with Crippen LogP contribution in [-0.2, 0) is 4.79 Å². The zero-order valence-corrected chi connectivity index (χ0v) is 15.5. The highest BCUT2D eigenvalue weighted by atomic mass is 32.1. The van der Waals surface area contributed by atoms with Crippen LogP contribution in [0.4, 0.5) is 5.13 Å². The lowest BCUT2D eigenvalue weighted by atomic mass is 9.97. The highest BCUT2D eigenvalue weighted by Crippen LogP contribution is 2.27. The molecule has 1 saturated heterocycles. The third-order valence-corrected chi connectivity index (χ3v) is 5.93. The number of hydrogen-bond acceptors (Lipinski definition) is 6. The molecule has 0 spiro atoms. The van der Waals surface area contributed by atoms with Crippen LogP contribution >= 0.6 is 22.7 Å². The van der Waals surface area contributed by atoms with Gasteiger partial charge in [-0.2, -0.15) is 0 Å². The summed E-state index contributed by atoms with van der Waals surface area (Å²) in [5.41, 5.74) is 0.702. The Morgan fingerprint density at radius 3 is 2.96 bits per heavy atom. The molecule has 1 unspecified atom stereocenters. The molecule has 4 rings (SSSR count). The molecule has 1 aliphatic rings.